The van der Waals surface area contributed by atoms with E-state index in [1.165, 1.54) is 44.9 Å². The summed E-state index contributed by atoms with van der Waals surface area (Å²) < 4.78 is 5.70. The molecule has 2 nitrogen and oxygen atoms in total. The van der Waals surface area contributed by atoms with E-state index in [4.69, 9.17) is 4.74 Å². The molecular formula is C14H23NO. The number of nitriles is 1. The van der Waals surface area contributed by atoms with Crippen molar-refractivity contribution in [2.24, 2.45) is 5.41 Å². The van der Waals surface area contributed by atoms with E-state index < -0.39 is 0 Å². The quantitative estimate of drug-likeness (QED) is 0.710. The highest BCUT2D eigenvalue weighted by molar-refractivity contribution is 5.01. The van der Waals surface area contributed by atoms with E-state index in [0.717, 1.165) is 25.9 Å². The van der Waals surface area contributed by atoms with Crippen LogP contribution in [-0.2, 0) is 4.74 Å². The van der Waals surface area contributed by atoms with Crippen molar-refractivity contribution in [1.29, 1.82) is 5.26 Å². The lowest BCUT2D eigenvalue weighted by atomic mass is 9.73. The summed E-state index contributed by atoms with van der Waals surface area (Å²) in [6, 6.07) is 2.63. The van der Waals surface area contributed by atoms with Gasteiger partial charge in [0.2, 0.25) is 0 Å². The first-order valence-corrected chi connectivity index (χ1v) is 6.88. The summed E-state index contributed by atoms with van der Waals surface area (Å²) in [5.74, 6) is 0. The van der Waals surface area contributed by atoms with Gasteiger partial charge < -0.3 is 4.74 Å². The van der Waals surface area contributed by atoms with Gasteiger partial charge in [0, 0.05) is 6.61 Å². The Morgan fingerprint density at radius 1 is 1.06 bits per heavy atom. The molecule has 2 heteroatoms. The van der Waals surface area contributed by atoms with Crippen molar-refractivity contribution in [3.63, 3.8) is 0 Å². The average molecular weight is 221 g/mol. The van der Waals surface area contributed by atoms with Gasteiger partial charge in [0.1, 0.15) is 0 Å². The van der Waals surface area contributed by atoms with Gasteiger partial charge in [-0.15, -0.1) is 0 Å². The molecule has 1 unspecified atom stereocenters. The minimum Gasteiger partial charge on any atom is -0.378 e. The predicted octanol–water partition coefficient (Wildman–Crippen LogP) is 3.81. The van der Waals surface area contributed by atoms with Crippen LogP contribution in [0.5, 0.6) is 0 Å². The van der Waals surface area contributed by atoms with Crippen LogP contribution in [0.25, 0.3) is 0 Å². The molecule has 0 radical (unpaired) electrons. The zero-order chi connectivity index (χ0) is 11.3. The normalized spacial score (nSPS) is 30.3. The van der Waals surface area contributed by atoms with E-state index in [-0.39, 0.29) is 5.41 Å². The maximum atomic E-state index is 9.51. The average Bonchev–Trinajstić information content (AvgIpc) is 2.75. The van der Waals surface area contributed by atoms with E-state index in [1.807, 2.05) is 0 Å². The van der Waals surface area contributed by atoms with Crippen molar-refractivity contribution < 1.29 is 4.74 Å². The lowest BCUT2D eigenvalue weighted by molar-refractivity contribution is 0.0685. The van der Waals surface area contributed by atoms with Crippen LogP contribution >= 0.6 is 0 Å². The molecule has 0 amide bonds. The summed E-state index contributed by atoms with van der Waals surface area (Å²) >= 11 is 0. The molecular weight excluding hydrogens is 198 g/mol. The van der Waals surface area contributed by atoms with Crippen molar-refractivity contribution in [3.05, 3.63) is 0 Å². The van der Waals surface area contributed by atoms with Crippen LogP contribution in [0, 0.1) is 16.7 Å². The van der Waals surface area contributed by atoms with Gasteiger partial charge >= 0.3 is 0 Å². The third-order valence-corrected chi connectivity index (χ3v) is 4.19. The van der Waals surface area contributed by atoms with Gasteiger partial charge in [0.25, 0.3) is 0 Å². The SMILES string of the molecule is N#CC1(CC2CCCO2)CCCCCCC1. The highest BCUT2D eigenvalue weighted by atomic mass is 16.5. The van der Waals surface area contributed by atoms with E-state index >= 15 is 0 Å². The Morgan fingerprint density at radius 2 is 1.75 bits per heavy atom. The van der Waals surface area contributed by atoms with Crippen molar-refractivity contribution in [3.8, 4) is 6.07 Å². The van der Waals surface area contributed by atoms with Crippen LogP contribution in [-0.4, -0.2) is 12.7 Å². The Hall–Kier alpha value is -0.550. The summed E-state index contributed by atoms with van der Waals surface area (Å²) in [7, 11) is 0. The van der Waals surface area contributed by atoms with Gasteiger partial charge in [0.15, 0.2) is 0 Å². The van der Waals surface area contributed by atoms with Gasteiger partial charge in [-0.25, -0.2) is 0 Å². The third-order valence-electron chi connectivity index (χ3n) is 4.19. The number of hydrogen-bond acceptors (Lipinski definition) is 2. The molecule has 1 saturated heterocycles. The maximum absolute atomic E-state index is 9.51. The van der Waals surface area contributed by atoms with E-state index in [9.17, 15) is 5.26 Å². The molecule has 1 aliphatic carbocycles. The Morgan fingerprint density at radius 3 is 2.31 bits per heavy atom. The zero-order valence-corrected chi connectivity index (χ0v) is 10.2. The van der Waals surface area contributed by atoms with Crippen LogP contribution in [0.4, 0.5) is 0 Å². The fourth-order valence-corrected chi connectivity index (χ4v) is 3.18. The standard InChI is InChI=1S/C14H23NO/c15-12-14(11-13-7-6-10-16-13)8-4-2-1-3-5-9-14/h13H,1-11H2. The molecule has 0 spiro atoms. The van der Waals surface area contributed by atoms with Gasteiger partial charge in [-0.2, -0.15) is 5.26 Å². The van der Waals surface area contributed by atoms with E-state index in [0.29, 0.717) is 6.10 Å². The molecule has 1 saturated carbocycles. The Balaban J connectivity index is 1.95. The van der Waals surface area contributed by atoms with E-state index in [1.54, 1.807) is 0 Å². The van der Waals surface area contributed by atoms with Crippen LogP contribution in [0.2, 0.25) is 0 Å². The molecule has 0 aromatic carbocycles. The topological polar surface area (TPSA) is 33.0 Å². The second-order valence-electron chi connectivity index (χ2n) is 5.50. The molecule has 1 aliphatic heterocycles. The summed E-state index contributed by atoms with van der Waals surface area (Å²) in [6.45, 7) is 0.909. The van der Waals surface area contributed by atoms with Gasteiger partial charge in [-0.3, -0.25) is 0 Å². The molecule has 2 rings (SSSR count). The molecule has 0 bridgehead atoms. The summed E-state index contributed by atoms with van der Waals surface area (Å²) in [5.41, 5.74) is -0.0601. The smallest absolute Gasteiger partial charge is 0.0690 e. The fourth-order valence-electron chi connectivity index (χ4n) is 3.18. The summed E-state index contributed by atoms with van der Waals surface area (Å²) in [5, 5.41) is 9.51. The molecule has 1 heterocycles. The molecule has 16 heavy (non-hydrogen) atoms. The van der Waals surface area contributed by atoms with Crippen molar-refractivity contribution >= 4 is 0 Å². The van der Waals surface area contributed by atoms with Crippen LogP contribution in [0.1, 0.15) is 64.2 Å². The second-order valence-corrected chi connectivity index (χ2v) is 5.50. The summed E-state index contributed by atoms with van der Waals surface area (Å²) in [6.07, 6.45) is 12.4. The molecule has 0 aromatic rings. The van der Waals surface area contributed by atoms with E-state index in [2.05, 4.69) is 6.07 Å². The van der Waals surface area contributed by atoms with Crippen LogP contribution in [0.3, 0.4) is 0 Å². The molecule has 0 aromatic heterocycles. The highest BCUT2D eigenvalue weighted by Gasteiger charge is 2.34. The summed E-state index contributed by atoms with van der Waals surface area (Å²) in [4.78, 5) is 0. The zero-order valence-electron chi connectivity index (χ0n) is 10.2. The number of ether oxygens (including phenoxy) is 1. The number of hydrogen-bond donors (Lipinski definition) is 0. The van der Waals surface area contributed by atoms with Gasteiger partial charge in [-0.1, -0.05) is 32.1 Å². The first-order valence-electron chi connectivity index (χ1n) is 6.88. The second kappa shape index (κ2) is 5.68. The first kappa shape index (κ1) is 11.9. The maximum Gasteiger partial charge on any atom is 0.0690 e. The largest absolute Gasteiger partial charge is 0.378 e. The minimum absolute atomic E-state index is 0.0601. The van der Waals surface area contributed by atoms with Crippen LogP contribution < -0.4 is 0 Å². The molecule has 2 fully saturated rings. The first-order chi connectivity index (χ1) is 7.85. The number of nitrogens with zero attached hydrogens (tertiary/aromatic N) is 1. The van der Waals surface area contributed by atoms with Crippen molar-refractivity contribution in [1.82, 2.24) is 0 Å². The fraction of sp³-hybridized carbons (Fsp3) is 0.929. The monoisotopic (exact) mass is 221 g/mol. The Bertz CT molecular complexity index is 242. The molecule has 0 N–H and O–H groups in total. The molecule has 1 atom stereocenters. The highest BCUT2D eigenvalue weighted by Crippen LogP contribution is 2.39. The molecule has 90 valence electrons. The Labute approximate surface area is 99.0 Å². The lowest BCUT2D eigenvalue weighted by Crippen LogP contribution is -2.26. The number of rotatable bonds is 2. The minimum atomic E-state index is -0.0601. The van der Waals surface area contributed by atoms with Crippen molar-refractivity contribution in [2.75, 3.05) is 6.61 Å². The van der Waals surface area contributed by atoms with Gasteiger partial charge in [0.05, 0.1) is 17.6 Å². The van der Waals surface area contributed by atoms with Crippen molar-refractivity contribution in [2.45, 2.75) is 70.3 Å². The van der Waals surface area contributed by atoms with Crippen LogP contribution in [0.15, 0.2) is 0 Å². The Kier molecular flexibility index (Phi) is 4.23. The van der Waals surface area contributed by atoms with Gasteiger partial charge in [-0.05, 0) is 32.1 Å². The lowest BCUT2D eigenvalue weighted by Gasteiger charge is -2.30. The third kappa shape index (κ3) is 2.98. The molecule has 2 aliphatic rings. The predicted molar refractivity (Wildman–Crippen MR) is 64.0 cm³/mol.